The zero-order chi connectivity index (χ0) is 14.3. The monoisotopic (exact) mass is 284 g/mol. The number of imide groups is 1. The van der Waals surface area contributed by atoms with E-state index >= 15 is 0 Å². The second kappa shape index (κ2) is 7.78. The number of thioether (sulfide) groups is 1. The SMILES string of the molecule is CNC(=O)NC(=O)CCS[C@H](C)c1ccc(F)cc1. The molecular weight excluding hydrogens is 267 g/mol. The Balaban J connectivity index is 2.31. The Hall–Kier alpha value is -1.56. The van der Waals surface area contributed by atoms with Crippen LogP contribution >= 0.6 is 11.8 Å². The van der Waals surface area contributed by atoms with Crippen LogP contribution in [-0.4, -0.2) is 24.7 Å². The molecule has 2 N–H and O–H groups in total. The fourth-order valence-electron chi connectivity index (χ4n) is 1.41. The smallest absolute Gasteiger partial charge is 0.321 e. The predicted octanol–water partition coefficient (Wildman–Crippen LogP) is 2.47. The Morgan fingerprint density at radius 1 is 1.32 bits per heavy atom. The largest absolute Gasteiger partial charge is 0.341 e. The molecule has 4 nitrogen and oxygen atoms in total. The molecule has 0 aliphatic heterocycles. The van der Waals surface area contributed by atoms with E-state index in [1.165, 1.54) is 19.2 Å². The normalized spacial score (nSPS) is 11.7. The van der Waals surface area contributed by atoms with Crippen molar-refractivity contribution < 1.29 is 14.0 Å². The molecule has 0 bridgehead atoms. The van der Waals surface area contributed by atoms with Crippen molar-refractivity contribution in [2.45, 2.75) is 18.6 Å². The maximum atomic E-state index is 12.8. The highest BCUT2D eigenvalue weighted by Gasteiger charge is 2.09. The minimum atomic E-state index is -0.499. The van der Waals surface area contributed by atoms with Crippen molar-refractivity contribution in [2.24, 2.45) is 0 Å². The van der Waals surface area contributed by atoms with Crippen molar-refractivity contribution in [2.75, 3.05) is 12.8 Å². The van der Waals surface area contributed by atoms with Gasteiger partial charge in [0.2, 0.25) is 5.91 Å². The summed E-state index contributed by atoms with van der Waals surface area (Å²) < 4.78 is 12.8. The average Bonchev–Trinajstić information content (AvgIpc) is 2.39. The van der Waals surface area contributed by atoms with E-state index in [0.717, 1.165) is 5.56 Å². The minimum absolute atomic E-state index is 0.174. The lowest BCUT2D eigenvalue weighted by Gasteiger charge is -2.11. The number of carbonyl (C=O) groups is 2. The Kier molecular flexibility index (Phi) is 6.35. The van der Waals surface area contributed by atoms with Crippen molar-refractivity contribution in [3.63, 3.8) is 0 Å². The fourth-order valence-corrected chi connectivity index (χ4v) is 2.42. The highest BCUT2D eigenvalue weighted by atomic mass is 32.2. The molecule has 0 saturated carbocycles. The standard InChI is InChI=1S/C13H17FN2O2S/c1-9(10-3-5-11(14)6-4-10)19-8-7-12(17)16-13(18)15-2/h3-6,9H,7-8H2,1-2H3,(H2,15,16,17,18)/t9-/m1/s1. The Labute approximate surface area is 116 Å². The van der Waals surface area contributed by atoms with E-state index in [0.29, 0.717) is 5.75 Å². The summed E-state index contributed by atoms with van der Waals surface area (Å²) in [6.45, 7) is 1.99. The van der Waals surface area contributed by atoms with Crippen LogP contribution in [0.1, 0.15) is 24.2 Å². The maximum Gasteiger partial charge on any atom is 0.321 e. The summed E-state index contributed by atoms with van der Waals surface area (Å²) >= 11 is 1.58. The van der Waals surface area contributed by atoms with Gasteiger partial charge in [-0.1, -0.05) is 12.1 Å². The van der Waals surface area contributed by atoms with Crippen LogP contribution in [0.2, 0.25) is 0 Å². The van der Waals surface area contributed by atoms with E-state index in [4.69, 9.17) is 0 Å². The van der Waals surface area contributed by atoms with E-state index in [-0.39, 0.29) is 23.4 Å². The second-order valence-corrected chi connectivity index (χ2v) is 5.39. The molecule has 3 amide bonds. The minimum Gasteiger partial charge on any atom is -0.341 e. The van der Waals surface area contributed by atoms with Gasteiger partial charge in [-0.15, -0.1) is 0 Å². The average molecular weight is 284 g/mol. The molecule has 0 aromatic heterocycles. The van der Waals surface area contributed by atoms with Crippen LogP contribution in [0, 0.1) is 5.82 Å². The summed E-state index contributed by atoms with van der Waals surface area (Å²) in [4.78, 5) is 22.2. The van der Waals surface area contributed by atoms with Gasteiger partial charge in [0.1, 0.15) is 5.82 Å². The topological polar surface area (TPSA) is 58.2 Å². The highest BCUT2D eigenvalue weighted by molar-refractivity contribution is 7.99. The third kappa shape index (κ3) is 5.74. The van der Waals surface area contributed by atoms with Gasteiger partial charge in [-0.25, -0.2) is 9.18 Å². The molecule has 0 fully saturated rings. The van der Waals surface area contributed by atoms with Crippen LogP contribution < -0.4 is 10.6 Å². The number of hydrogen-bond acceptors (Lipinski definition) is 3. The van der Waals surface area contributed by atoms with Gasteiger partial charge in [-0.05, 0) is 24.6 Å². The van der Waals surface area contributed by atoms with Gasteiger partial charge in [0.05, 0.1) is 0 Å². The summed E-state index contributed by atoms with van der Waals surface area (Å²) in [5.41, 5.74) is 1.01. The summed E-state index contributed by atoms with van der Waals surface area (Å²) in [7, 11) is 1.45. The summed E-state index contributed by atoms with van der Waals surface area (Å²) in [6.07, 6.45) is 0.267. The van der Waals surface area contributed by atoms with E-state index in [9.17, 15) is 14.0 Å². The van der Waals surface area contributed by atoms with Gasteiger partial charge in [-0.2, -0.15) is 11.8 Å². The molecule has 0 radical (unpaired) electrons. The van der Waals surface area contributed by atoms with Crippen LogP contribution in [-0.2, 0) is 4.79 Å². The van der Waals surface area contributed by atoms with Crippen LogP contribution in [0.15, 0.2) is 24.3 Å². The van der Waals surface area contributed by atoms with Crippen LogP contribution in [0.4, 0.5) is 9.18 Å². The van der Waals surface area contributed by atoms with Crippen molar-refractivity contribution in [1.29, 1.82) is 0 Å². The van der Waals surface area contributed by atoms with E-state index in [1.807, 2.05) is 6.92 Å². The molecule has 1 aromatic rings. The molecule has 0 unspecified atom stereocenters. The van der Waals surface area contributed by atoms with Crippen LogP contribution in [0.5, 0.6) is 0 Å². The number of hydrogen-bond donors (Lipinski definition) is 2. The number of nitrogens with one attached hydrogen (secondary N) is 2. The third-order valence-electron chi connectivity index (χ3n) is 2.52. The second-order valence-electron chi connectivity index (χ2n) is 3.94. The van der Waals surface area contributed by atoms with Gasteiger partial charge in [0.25, 0.3) is 0 Å². The molecule has 1 rings (SSSR count). The van der Waals surface area contributed by atoms with E-state index in [2.05, 4.69) is 10.6 Å². The number of urea groups is 1. The first-order valence-corrected chi connectivity index (χ1v) is 6.96. The fraction of sp³-hybridized carbons (Fsp3) is 0.385. The quantitative estimate of drug-likeness (QED) is 0.873. The molecule has 1 aromatic carbocycles. The van der Waals surface area contributed by atoms with E-state index in [1.54, 1.807) is 23.9 Å². The number of rotatable bonds is 5. The first-order chi connectivity index (χ1) is 9.02. The molecule has 0 aliphatic rings. The highest BCUT2D eigenvalue weighted by Crippen LogP contribution is 2.28. The van der Waals surface area contributed by atoms with Gasteiger partial charge in [0.15, 0.2) is 0 Å². The van der Waals surface area contributed by atoms with Gasteiger partial charge >= 0.3 is 6.03 Å². The van der Waals surface area contributed by atoms with Crippen molar-refractivity contribution in [1.82, 2.24) is 10.6 Å². The molecule has 0 heterocycles. The number of benzene rings is 1. The van der Waals surface area contributed by atoms with Gasteiger partial charge < -0.3 is 5.32 Å². The molecule has 1 atom stereocenters. The van der Waals surface area contributed by atoms with Gasteiger partial charge in [-0.3, -0.25) is 10.1 Å². The summed E-state index contributed by atoms with van der Waals surface area (Å²) in [6, 6.07) is 5.81. The molecule has 0 saturated heterocycles. The zero-order valence-corrected chi connectivity index (χ0v) is 11.7. The number of carbonyl (C=O) groups excluding carboxylic acids is 2. The van der Waals surface area contributed by atoms with E-state index < -0.39 is 6.03 Å². The van der Waals surface area contributed by atoms with Crippen molar-refractivity contribution in [3.8, 4) is 0 Å². The lowest BCUT2D eigenvalue weighted by Crippen LogP contribution is -2.37. The van der Waals surface area contributed by atoms with Gasteiger partial charge in [0, 0.05) is 24.5 Å². The molecule has 19 heavy (non-hydrogen) atoms. The van der Waals surface area contributed by atoms with Crippen LogP contribution in [0.25, 0.3) is 0 Å². The molecule has 0 spiro atoms. The lowest BCUT2D eigenvalue weighted by molar-refractivity contribution is -0.119. The first-order valence-electron chi connectivity index (χ1n) is 5.91. The first kappa shape index (κ1) is 15.5. The zero-order valence-electron chi connectivity index (χ0n) is 10.9. The molecule has 6 heteroatoms. The Bertz CT molecular complexity index is 437. The predicted molar refractivity (Wildman–Crippen MR) is 74.5 cm³/mol. The maximum absolute atomic E-state index is 12.8. The Morgan fingerprint density at radius 2 is 1.95 bits per heavy atom. The molecule has 0 aliphatic carbocycles. The summed E-state index contributed by atoms with van der Waals surface area (Å²) in [5, 5.41) is 4.69. The molecular formula is C13H17FN2O2S. The molecule has 104 valence electrons. The lowest BCUT2D eigenvalue weighted by atomic mass is 10.2. The van der Waals surface area contributed by atoms with Crippen LogP contribution in [0.3, 0.4) is 0 Å². The Morgan fingerprint density at radius 3 is 2.53 bits per heavy atom. The number of amides is 3. The van der Waals surface area contributed by atoms with Crippen molar-refractivity contribution in [3.05, 3.63) is 35.6 Å². The van der Waals surface area contributed by atoms with Crippen molar-refractivity contribution >= 4 is 23.7 Å². The third-order valence-corrected chi connectivity index (χ3v) is 3.73. The number of halogens is 1. The summed E-state index contributed by atoms with van der Waals surface area (Å²) in [5.74, 6) is 0.0329.